The highest BCUT2D eigenvalue weighted by Gasteiger charge is 2.18. The number of amides is 3. The summed E-state index contributed by atoms with van der Waals surface area (Å²) in [7, 11) is 0. The van der Waals surface area contributed by atoms with E-state index >= 15 is 0 Å². The molecule has 1 atom stereocenters. The Kier molecular flexibility index (Phi) is 7.76. The Hall–Kier alpha value is -4.15. The average Bonchev–Trinajstić information content (AvgIpc) is 2.88. The van der Waals surface area contributed by atoms with Crippen molar-refractivity contribution in [2.45, 2.75) is 6.04 Å². The number of morpholine rings is 1. The van der Waals surface area contributed by atoms with Gasteiger partial charge in [0.1, 0.15) is 5.82 Å². The summed E-state index contributed by atoms with van der Waals surface area (Å²) in [4.78, 5) is 30.5. The molecule has 2 heterocycles. The number of aliphatic hydroxyl groups is 1. The van der Waals surface area contributed by atoms with Gasteiger partial charge in [-0.05, 0) is 23.8 Å². The number of carbonyl (C=O) groups is 2. The van der Waals surface area contributed by atoms with Crippen LogP contribution in [-0.2, 0) is 4.74 Å². The summed E-state index contributed by atoms with van der Waals surface area (Å²) in [6.07, 6.45) is 1.39. The first-order valence-corrected chi connectivity index (χ1v) is 11.3. The largest absolute Gasteiger partial charge is 0.394 e. The minimum Gasteiger partial charge on any atom is -0.394 e. The number of hydrogen-bond donors (Lipinski definition) is 5. The number of nitrogens with two attached hydrogens (primary N) is 1. The molecule has 0 radical (unpaired) electrons. The third-order valence-corrected chi connectivity index (χ3v) is 5.57. The van der Waals surface area contributed by atoms with Crippen molar-refractivity contribution in [2.75, 3.05) is 48.9 Å². The maximum Gasteiger partial charge on any atom is 0.322 e. The van der Waals surface area contributed by atoms with Gasteiger partial charge in [-0.3, -0.25) is 4.79 Å². The lowest BCUT2D eigenvalue weighted by Crippen LogP contribution is -2.43. The molecule has 3 amide bonds. The normalized spacial score (nSPS) is 14.1. The van der Waals surface area contributed by atoms with E-state index in [1.807, 2.05) is 42.5 Å². The number of pyridine rings is 1. The number of ether oxygens (including phenoxy) is 1. The SMILES string of the molecule is NC(=O)c1cnc(Nc2cccc(NC(=O)N3CCOCC3)c2)cc1N[C@H](CO)c1ccccc1. The smallest absolute Gasteiger partial charge is 0.322 e. The quantitative estimate of drug-likeness (QED) is 0.336. The Morgan fingerprint density at radius 3 is 2.51 bits per heavy atom. The molecule has 10 nitrogen and oxygen atoms in total. The maximum absolute atomic E-state index is 12.5. The number of urea groups is 1. The molecule has 0 spiro atoms. The molecule has 1 fully saturated rings. The molecule has 1 aliphatic heterocycles. The van der Waals surface area contributed by atoms with Gasteiger partial charge in [-0.2, -0.15) is 0 Å². The summed E-state index contributed by atoms with van der Waals surface area (Å²) in [5.74, 6) is -0.178. The lowest BCUT2D eigenvalue weighted by Gasteiger charge is -2.27. The second kappa shape index (κ2) is 11.3. The van der Waals surface area contributed by atoms with Gasteiger partial charge in [0.15, 0.2) is 0 Å². The van der Waals surface area contributed by atoms with E-state index in [4.69, 9.17) is 10.5 Å². The van der Waals surface area contributed by atoms with Gasteiger partial charge >= 0.3 is 6.03 Å². The van der Waals surface area contributed by atoms with Crippen molar-refractivity contribution in [1.82, 2.24) is 9.88 Å². The predicted molar refractivity (Wildman–Crippen MR) is 134 cm³/mol. The molecule has 1 aromatic heterocycles. The number of carbonyl (C=O) groups excluding carboxylic acids is 2. The standard InChI is InChI=1S/C25H28N6O4/c26-24(33)20-15-27-23(14-21(20)30-22(16-32)17-5-2-1-3-6-17)28-18-7-4-8-19(13-18)29-25(34)31-9-11-35-12-10-31/h1-8,13-15,22,32H,9-12,16H2,(H2,26,33)(H,29,34)(H2,27,28,30)/t22-/m1/s1. The second-order valence-electron chi connectivity index (χ2n) is 8.00. The molecule has 35 heavy (non-hydrogen) atoms. The highest BCUT2D eigenvalue weighted by Crippen LogP contribution is 2.26. The van der Waals surface area contributed by atoms with Crippen molar-refractivity contribution in [1.29, 1.82) is 0 Å². The second-order valence-corrected chi connectivity index (χ2v) is 8.00. The van der Waals surface area contributed by atoms with Gasteiger partial charge in [0.25, 0.3) is 5.91 Å². The number of benzene rings is 2. The molecular weight excluding hydrogens is 448 g/mol. The summed E-state index contributed by atoms with van der Waals surface area (Å²) in [6, 6.07) is 17.7. The summed E-state index contributed by atoms with van der Waals surface area (Å²) < 4.78 is 5.29. The lowest BCUT2D eigenvalue weighted by molar-refractivity contribution is 0.0564. The molecular formula is C25H28N6O4. The van der Waals surface area contributed by atoms with E-state index in [-0.39, 0.29) is 18.2 Å². The summed E-state index contributed by atoms with van der Waals surface area (Å²) >= 11 is 0. The van der Waals surface area contributed by atoms with E-state index in [2.05, 4.69) is 20.9 Å². The van der Waals surface area contributed by atoms with Crippen molar-refractivity contribution in [3.8, 4) is 0 Å². The Labute approximate surface area is 203 Å². The molecule has 6 N–H and O–H groups in total. The fraction of sp³-hybridized carbons (Fsp3) is 0.240. The van der Waals surface area contributed by atoms with Crippen molar-refractivity contribution >= 4 is 34.8 Å². The summed E-state index contributed by atoms with van der Waals surface area (Å²) in [5, 5.41) is 19.2. The van der Waals surface area contributed by atoms with Crippen LogP contribution in [0.3, 0.4) is 0 Å². The van der Waals surface area contributed by atoms with Crippen LogP contribution >= 0.6 is 0 Å². The number of nitrogens with one attached hydrogen (secondary N) is 3. The zero-order valence-electron chi connectivity index (χ0n) is 19.1. The Morgan fingerprint density at radius 2 is 1.80 bits per heavy atom. The van der Waals surface area contributed by atoms with Crippen molar-refractivity contribution in [2.24, 2.45) is 5.73 Å². The van der Waals surface area contributed by atoms with Gasteiger partial charge in [-0.15, -0.1) is 0 Å². The lowest BCUT2D eigenvalue weighted by atomic mass is 10.1. The number of aliphatic hydroxyl groups excluding tert-OH is 1. The van der Waals surface area contributed by atoms with Crippen LogP contribution in [0.4, 0.5) is 27.7 Å². The third-order valence-electron chi connectivity index (χ3n) is 5.57. The molecule has 10 heteroatoms. The molecule has 0 saturated carbocycles. The Morgan fingerprint density at radius 1 is 1.06 bits per heavy atom. The van der Waals surface area contributed by atoms with E-state index < -0.39 is 11.9 Å². The van der Waals surface area contributed by atoms with Gasteiger partial charge in [-0.1, -0.05) is 36.4 Å². The minimum absolute atomic E-state index is 0.182. The van der Waals surface area contributed by atoms with Gasteiger partial charge < -0.3 is 36.4 Å². The van der Waals surface area contributed by atoms with E-state index in [0.717, 1.165) is 5.56 Å². The maximum atomic E-state index is 12.5. The van der Waals surface area contributed by atoms with Crippen LogP contribution in [0.5, 0.6) is 0 Å². The molecule has 0 unspecified atom stereocenters. The number of rotatable bonds is 8. The molecule has 2 aromatic carbocycles. The van der Waals surface area contributed by atoms with Gasteiger partial charge in [0, 0.05) is 36.7 Å². The van der Waals surface area contributed by atoms with Gasteiger partial charge in [0.05, 0.1) is 37.1 Å². The molecule has 1 aliphatic rings. The van der Waals surface area contributed by atoms with E-state index in [0.29, 0.717) is 49.2 Å². The van der Waals surface area contributed by atoms with Gasteiger partial charge in [0.2, 0.25) is 0 Å². The fourth-order valence-corrected chi connectivity index (χ4v) is 3.74. The number of hydrogen-bond acceptors (Lipinski definition) is 7. The highest BCUT2D eigenvalue weighted by atomic mass is 16.5. The van der Waals surface area contributed by atoms with Crippen molar-refractivity contribution in [3.63, 3.8) is 0 Å². The van der Waals surface area contributed by atoms with Crippen LogP contribution in [0, 0.1) is 0 Å². The first-order chi connectivity index (χ1) is 17.0. The minimum atomic E-state index is -0.635. The molecule has 3 aromatic rings. The molecule has 182 valence electrons. The number of primary amides is 1. The summed E-state index contributed by atoms with van der Waals surface area (Å²) in [5.41, 5.74) is 8.37. The number of aromatic nitrogens is 1. The third kappa shape index (κ3) is 6.25. The molecule has 0 aliphatic carbocycles. The van der Waals surface area contributed by atoms with E-state index in [1.54, 1.807) is 23.1 Å². The highest BCUT2D eigenvalue weighted by molar-refractivity contribution is 5.98. The number of anilines is 4. The van der Waals surface area contributed by atoms with E-state index in [9.17, 15) is 14.7 Å². The van der Waals surface area contributed by atoms with Crippen molar-refractivity contribution in [3.05, 3.63) is 78.0 Å². The zero-order valence-corrected chi connectivity index (χ0v) is 19.1. The first kappa shape index (κ1) is 24.0. The summed E-state index contributed by atoms with van der Waals surface area (Å²) in [6.45, 7) is 1.97. The molecule has 1 saturated heterocycles. The van der Waals surface area contributed by atoms with Crippen LogP contribution in [0.25, 0.3) is 0 Å². The zero-order chi connectivity index (χ0) is 24.6. The molecule has 4 rings (SSSR count). The van der Waals surface area contributed by atoms with Crippen LogP contribution in [0.15, 0.2) is 66.9 Å². The van der Waals surface area contributed by atoms with Crippen LogP contribution in [0.1, 0.15) is 22.0 Å². The topological polar surface area (TPSA) is 142 Å². The fourth-order valence-electron chi connectivity index (χ4n) is 3.74. The van der Waals surface area contributed by atoms with Crippen LogP contribution < -0.4 is 21.7 Å². The molecule has 0 bridgehead atoms. The van der Waals surface area contributed by atoms with Crippen LogP contribution in [0.2, 0.25) is 0 Å². The first-order valence-electron chi connectivity index (χ1n) is 11.3. The number of nitrogens with zero attached hydrogens (tertiary/aromatic N) is 2. The average molecular weight is 477 g/mol. The predicted octanol–water partition coefficient (Wildman–Crippen LogP) is 2.93. The van der Waals surface area contributed by atoms with Gasteiger partial charge in [-0.25, -0.2) is 9.78 Å². The van der Waals surface area contributed by atoms with Crippen LogP contribution in [-0.4, -0.2) is 59.8 Å². The Bertz CT molecular complexity index is 1170. The van der Waals surface area contributed by atoms with Crippen molar-refractivity contribution < 1.29 is 19.4 Å². The van der Waals surface area contributed by atoms with E-state index in [1.165, 1.54) is 6.20 Å². The monoisotopic (exact) mass is 476 g/mol. The Balaban J connectivity index is 1.51.